The molecular weight excluding hydrogens is 348 g/mol. The van der Waals surface area contributed by atoms with Gasteiger partial charge in [0.2, 0.25) is 5.95 Å². The molecule has 28 heavy (non-hydrogen) atoms. The van der Waals surface area contributed by atoms with Crippen molar-refractivity contribution in [1.82, 2.24) is 15.0 Å². The van der Waals surface area contributed by atoms with Gasteiger partial charge in [0, 0.05) is 18.8 Å². The number of nitrogens with zero attached hydrogens (tertiary/aromatic N) is 3. The molecule has 1 saturated heterocycles. The minimum Gasteiger partial charge on any atom is -0.340 e. The van der Waals surface area contributed by atoms with Crippen LogP contribution in [0.4, 0.5) is 5.95 Å². The minimum atomic E-state index is -0.131. The van der Waals surface area contributed by atoms with Crippen molar-refractivity contribution < 1.29 is 0 Å². The standard InChI is InChI=1S/C23H22N4O/c1-15-6-4-5-13-27(15)23-25-21-20(22(28)26-23)19(11-12-24-21)18-10-9-16-7-2-3-8-17(16)14-18/h2-3,7-12,14-15H,4-6,13H2,1H3,(H,24,25,26,28). The van der Waals surface area contributed by atoms with E-state index in [9.17, 15) is 4.79 Å². The summed E-state index contributed by atoms with van der Waals surface area (Å²) in [6.07, 6.45) is 5.20. The molecule has 0 bridgehead atoms. The van der Waals surface area contributed by atoms with E-state index in [1.807, 2.05) is 18.2 Å². The molecular formula is C23H22N4O. The number of fused-ring (bicyclic) bond motifs is 2. The zero-order chi connectivity index (χ0) is 19.1. The highest BCUT2D eigenvalue weighted by Crippen LogP contribution is 2.29. The normalized spacial score (nSPS) is 17.3. The Morgan fingerprint density at radius 3 is 2.79 bits per heavy atom. The fourth-order valence-electron chi connectivity index (χ4n) is 4.20. The van der Waals surface area contributed by atoms with Crippen LogP contribution in [0.5, 0.6) is 0 Å². The Morgan fingerprint density at radius 1 is 1.07 bits per heavy atom. The highest BCUT2D eigenvalue weighted by molar-refractivity contribution is 5.95. The summed E-state index contributed by atoms with van der Waals surface area (Å²) in [6.45, 7) is 3.10. The van der Waals surface area contributed by atoms with Crippen LogP contribution in [0.3, 0.4) is 0 Å². The monoisotopic (exact) mass is 370 g/mol. The number of benzene rings is 2. The fourth-order valence-corrected chi connectivity index (χ4v) is 4.20. The van der Waals surface area contributed by atoms with E-state index in [-0.39, 0.29) is 5.56 Å². The molecule has 140 valence electrons. The van der Waals surface area contributed by atoms with E-state index in [1.54, 1.807) is 6.20 Å². The molecule has 5 rings (SSSR count). The van der Waals surface area contributed by atoms with E-state index in [2.05, 4.69) is 52.1 Å². The Balaban J connectivity index is 1.67. The van der Waals surface area contributed by atoms with Gasteiger partial charge in [-0.15, -0.1) is 0 Å². The van der Waals surface area contributed by atoms with Gasteiger partial charge in [-0.3, -0.25) is 9.78 Å². The van der Waals surface area contributed by atoms with Crippen molar-refractivity contribution in [3.63, 3.8) is 0 Å². The van der Waals surface area contributed by atoms with Crippen LogP contribution in [0.2, 0.25) is 0 Å². The maximum absolute atomic E-state index is 13.0. The molecule has 0 saturated carbocycles. The molecule has 0 aliphatic carbocycles. The summed E-state index contributed by atoms with van der Waals surface area (Å²) < 4.78 is 0. The predicted molar refractivity (Wildman–Crippen MR) is 114 cm³/mol. The lowest BCUT2D eigenvalue weighted by Gasteiger charge is -2.33. The van der Waals surface area contributed by atoms with Crippen LogP contribution in [-0.2, 0) is 0 Å². The molecule has 4 aromatic rings. The third kappa shape index (κ3) is 2.83. The number of H-pyrrole nitrogens is 1. The maximum atomic E-state index is 13.0. The van der Waals surface area contributed by atoms with Crippen molar-refractivity contribution in [3.05, 3.63) is 65.1 Å². The maximum Gasteiger partial charge on any atom is 0.262 e. The predicted octanol–water partition coefficient (Wildman–Crippen LogP) is 4.52. The number of hydrogen-bond donors (Lipinski definition) is 1. The van der Waals surface area contributed by atoms with E-state index in [0.29, 0.717) is 23.0 Å². The highest BCUT2D eigenvalue weighted by Gasteiger charge is 2.22. The quantitative estimate of drug-likeness (QED) is 0.564. The van der Waals surface area contributed by atoms with Gasteiger partial charge in [0.25, 0.3) is 5.56 Å². The van der Waals surface area contributed by atoms with Gasteiger partial charge in [-0.2, -0.15) is 4.98 Å². The van der Waals surface area contributed by atoms with Gasteiger partial charge in [-0.25, -0.2) is 4.98 Å². The second-order valence-electron chi connectivity index (χ2n) is 7.55. The van der Waals surface area contributed by atoms with E-state index in [0.717, 1.165) is 35.9 Å². The van der Waals surface area contributed by atoms with E-state index in [1.165, 1.54) is 11.8 Å². The third-order valence-electron chi connectivity index (χ3n) is 5.73. The third-order valence-corrected chi connectivity index (χ3v) is 5.73. The summed E-state index contributed by atoms with van der Waals surface area (Å²) in [5.74, 6) is 0.632. The molecule has 1 fully saturated rings. The molecule has 1 aliphatic heterocycles. The lowest BCUT2D eigenvalue weighted by Crippen LogP contribution is -2.39. The zero-order valence-electron chi connectivity index (χ0n) is 15.9. The molecule has 2 aromatic heterocycles. The molecule has 3 heterocycles. The number of aromatic amines is 1. The van der Waals surface area contributed by atoms with Gasteiger partial charge in [0.15, 0.2) is 5.65 Å². The second-order valence-corrected chi connectivity index (χ2v) is 7.55. The van der Waals surface area contributed by atoms with Gasteiger partial charge in [-0.1, -0.05) is 36.4 Å². The molecule has 5 heteroatoms. The zero-order valence-corrected chi connectivity index (χ0v) is 15.9. The van der Waals surface area contributed by atoms with Crippen molar-refractivity contribution in [1.29, 1.82) is 0 Å². The SMILES string of the molecule is CC1CCCCN1c1nc2nccc(-c3ccc4ccccc4c3)c2c(=O)[nH]1. The number of piperidine rings is 1. The van der Waals surface area contributed by atoms with Crippen LogP contribution in [0.15, 0.2) is 59.5 Å². The van der Waals surface area contributed by atoms with Gasteiger partial charge < -0.3 is 4.90 Å². The summed E-state index contributed by atoms with van der Waals surface area (Å²) in [4.78, 5) is 27.4. The van der Waals surface area contributed by atoms with Gasteiger partial charge in [0.05, 0.1) is 5.39 Å². The van der Waals surface area contributed by atoms with Crippen molar-refractivity contribution in [2.75, 3.05) is 11.4 Å². The van der Waals surface area contributed by atoms with Crippen LogP contribution in [0, 0.1) is 0 Å². The second kappa shape index (κ2) is 6.75. The average molecular weight is 370 g/mol. The summed E-state index contributed by atoms with van der Waals surface area (Å²) in [6, 6.07) is 16.7. The first-order valence-corrected chi connectivity index (χ1v) is 9.85. The van der Waals surface area contributed by atoms with Crippen molar-refractivity contribution in [2.45, 2.75) is 32.2 Å². The molecule has 2 aromatic carbocycles. The molecule has 0 spiro atoms. The number of pyridine rings is 1. The molecule has 0 amide bonds. The number of hydrogen-bond acceptors (Lipinski definition) is 4. The Hall–Kier alpha value is -3.21. The number of nitrogens with one attached hydrogen (secondary N) is 1. The van der Waals surface area contributed by atoms with Crippen LogP contribution < -0.4 is 10.5 Å². The Kier molecular flexibility index (Phi) is 4.08. The largest absolute Gasteiger partial charge is 0.340 e. The Bertz CT molecular complexity index is 1230. The van der Waals surface area contributed by atoms with E-state index >= 15 is 0 Å². The summed E-state index contributed by atoms with van der Waals surface area (Å²) >= 11 is 0. The molecule has 0 radical (unpaired) electrons. The van der Waals surface area contributed by atoms with Crippen molar-refractivity contribution in [3.8, 4) is 11.1 Å². The van der Waals surface area contributed by atoms with Gasteiger partial charge >= 0.3 is 0 Å². The highest BCUT2D eigenvalue weighted by atomic mass is 16.1. The van der Waals surface area contributed by atoms with Crippen LogP contribution in [-0.4, -0.2) is 27.5 Å². The Morgan fingerprint density at radius 2 is 1.93 bits per heavy atom. The Labute approximate surface area is 163 Å². The summed E-state index contributed by atoms with van der Waals surface area (Å²) in [5, 5.41) is 2.87. The van der Waals surface area contributed by atoms with Crippen LogP contribution in [0.1, 0.15) is 26.2 Å². The van der Waals surface area contributed by atoms with E-state index in [4.69, 9.17) is 4.98 Å². The minimum absolute atomic E-state index is 0.131. The smallest absolute Gasteiger partial charge is 0.262 e. The first kappa shape index (κ1) is 16.9. The van der Waals surface area contributed by atoms with E-state index < -0.39 is 0 Å². The topological polar surface area (TPSA) is 61.9 Å². The lowest BCUT2D eigenvalue weighted by molar-refractivity contribution is 0.477. The molecule has 1 unspecified atom stereocenters. The first-order chi connectivity index (χ1) is 13.7. The summed E-state index contributed by atoms with van der Waals surface area (Å²) in [7, 11) is 0. The number of anilines is 1. The molecule has 1 atom stereocenters. The van der Waals surface area contributed by atoms with Gasteiger partial charge in [0.1, 0.15) is 0 Å². The molecule has 1 aliphatic rings. The van der Waals surface area contributed by atoms with Crippen LogP contribution >= 0.6 is 0 Å². The number of aromatic nitrogens is 3. The fraction of sp³-hybridized carbons (Fsp3) is 0.261. The molecule has 5 nitrogen and oxygen atoms in total. The van der Waals surface area contributed by atoms with Gasteiger partial charge in [-0.05, 0) is 60.2 Å². The molecule has 1 N–H and O–H groups in total. The first-order valence-electron chi connectivity index (χ1n) is 9.85. The van der Waals surface area contributed by atoms with Crippen LogP contribution in [0.25, 0.3) is 32.9 Å². The average Bonchev–Trinajstić information content (AvgIpc) is 2.73. The summed E-state index contributed by atoms with van der Waals surface area (Å²) in [5.41, 5.74) is 2.23. The van der Waals surface area contributed by atoms with Crippen molar-refractivity contribution >= 4 is 27.8 Å². The number of rotatable bonds is 2. The van der Waals surface area contributed by atoms with Crippen molar-refractivity contribution in [2.24, 2.45) is 0 Å². The lowest BCUT2D eigenvalue weighted by atomic mass is 10.00.